The predicted octanol–water partition coefficient (Wildman–Crippen LogP) is 13.3. The van der Waals surface area contributed by atoms with Gasteiger partial charge in [0.15, 0.2) is 0 Å². The molecule has 0 saturated carbocycles. The topological polar surface area (TPSA) is 64.3 Å². The second kappa shape index (κ2) is 15.3. The summed E-state index contributed by atoms with van der Waals surface area (Å²) in [6.45, 7) is 13.4. The molecule has 4 nitrogen and oxygen atoms in total. The summed E-state index contributed by atoms with van der Waals surface area (Å²) in [5.74, 6) is -1.23. The van der Waals surface area contributed by atoms with Crippen molar-refractivity contribution in [2.24, 2.45) is 0 Å². The lowest BCUT2D eigenvalue weighted by Gasteiger charge is -2.26. The Balaban J connectivity index is 1.29. The van der Waals surface area contributed by atoms with Crippen LogP contribution < -0.4 is 4.90 Å². The average Bonchev–Trinajstić information content (AvgIpc) is 3.61. The molecule has 0 aliphatic rings. The highest BCUT2D eigenvalue weighted by Crippen LogP contribution is 2.38. The highest BCUT2D eigenvalue weighted by molar-refractivity contribution is 7.13. The molecular weight excluding hydrogens is 669 g/mol. The third-order valence-corrected chi connectivity index (χ3v) is 10.3. The van der Waals surface area contributed by atoms with E-state index in [2.05, 4.69) is 168 Å². The van der Waals surface area contributed by atoms with Gasteiger partial charge >= 0.3 is 5.97 Å². The Morgan fingerprint density at radius 3 is 1.32 bits per heavy atom. The minimum Gasteiger partial charge on any atom is -0.477 e. The van der Waals surface area contributed by atoms with E-state index in [1.807, 2.05) is 24.3 Å². The molecule has 264 valence electrons. The first-order valence-electron chi connectivity index (χ1n) is 17.7. The summed E-state index contributed by atoms with van der Waals surface area (Å²) in [5, 5.41) is 18.3. The number of hydrogen-bond acceptors (Lipinski definition) is 4. The number of nitriles is 1. The Labute approximate surface area is 317 Å². The van der Waals surface area contributed by atoms with Gasteiger partial charge in [-0.25, -0.2) is 4.79 Å². The number of benzene rings is 5. The Morgan fingerprint density at radius 1 is 0.566 bits per heavy atom. The Kier molecular flexibility index (Phi) is 10.7. The Bertz CT molecular complexity index is 2190. The quantitative estimate of drug-likeness (QED) is 0.120. The van der Waals surface area contributed by atoms with Crippen LogP contribution in [0.2, 0.25) is 0 Å². The minimum absolute atomic E-state index is 0.108. The van der Waals surface area contributed by atoms with Crippen molar-refractivity contribution >= 4 is 52.6 Å². The van der Waals surface area contributed by atoms with E-state index in [0.29, 0.717) is 0 Å². The largest absolute Gasteiger partial charge is 0.477 e. The molecule has 5 heteroatoms. The highest BCUT2D eigenvalue weighted by atomic mass is 32.1. The summed E-state index contributed by atoms with van der Waals surface area (Å²) >= 11 is 1.43. The zero-order chi connectivity index (χ0) is 37.8. The first kappa shape index (κ1) is 36.8. The molecule has 6 rings (SSSR count). The summed E-state index contributed by atoms with van der Waals surface area (Å²) < 4.78 is 0. The van der Waals surface area contributed by atoms with Crippen LogP contribution in [0.4, 0.5) is 17.1 Å². The van der Waals surface area contributed by atoms with Gasteiger partial charge in [0.25, 0.3) is 0 Å². The number of anilines is 3. The van der Waals surface area contributed by atoms with Crippen LogP contribution in [0.5, 0.6) is 0 Å². The molecule has 0 fully saturated rings. The van der Waals surface area contributed by atoms with Crippen LogP contribution in [-0.2, 0) is 15.6 Å². The molecule has 0 amide bonds. The normalized spacial score (nSPS) is 12.1. The van der Waals surface area contributed by atoms with E-state index >= 15 is 0 Å². The molecule has 0 spiro atoms. The van der Waals surface area contributed by atoms with E-state index in [9.17, 15) is 9.90 Å². The van der Waals surface area contributed by atoms with Crippen molar-refractivity contribution in [3.8, 4) is 28.3 Å². The van der Waals surface area contributed by atoms with Crippen LogP contribution in [0.1, 0.15) is 68.0 Å². The number of carboxylic acids is 1. The van der Waals surface area contributed by atoms with Gasteiger partial charge in [-0.05, 0) is 110 Å². The van der Waals surface area contributed by atoms with Crippen molar-refractivity contribution in [1.82, 2.24) is 0 Å². The van der Waals surface area contributed by atoms with Crippen molar-refractivity contribution in [3.63, 3.8) is 0 Å². The van der Waals surface area contributed by atoms with Gasteiger partial charge in [-0.3, -0.25) is 0 Å². The first-order chi connectivity index (χ1) is 25.3. The lowest BCUT2D eigenvalue weighted by Crippen LogP contribution is -2.10. The van der Waals surface area contributed by atoms with Crippen LogP contribution in [0.15, 0.2) is 139 Å². The molecule has 0 bridgehead atoms. The molecule has 0 aliphatic heterocycles. The maximum absolute atomic E-state index is 11.2. The van der Waals surface area contributed by atoms with Crippen LogP contribution in [-0.4, -0.2) is 11.1 Å². The number of aliphatic carboxylic acids is 1. The number of carbonyl (C=O) groups is 1. The molecule has 6 aromatic rings. The monoisotopic (exact) mass is 712 g/mol. The Morgan fingerprint density at radius 2 is 0.943 bits per heavy atom. The lowest BCUT2D eigenvalue weighted by atomic mass is 9.86. The zero-order valence-corrected chi connectivity index (χ0v) is 31.9. The van der Waals surface area contributed by atoms with Gasteiger partial charge in [-0.2, -0.15) is 5.26 Å². The number of nitrogens with zero attached hydrogens (tertiary/aromatic N) is 2. The minimum atomic E-state index is -1.23. The van der Waals surface area contributed by atoms with Gasteiger partial charge in [-0.1, -0.05) is 133 Å². The molecular formula is C48H44N2O2S. The number of thiophene rings is 1. The molecule has 5 aromatic carbocycles. The van der Waals surface area contributed by atoms with Gasteiger partial charge in [-0.15, -0.1) is 11.3 Å². The molecule has 0 aliphatic carbocycles. The third kappa shape index (κ3) is 8.92. The fourth-order valence-corrected chi connectivity index (χ4v) is 6.97. The second-order valence-corrected chi connectivity index (χ2v) is 16.4. The molecule has 0 atom stereocenters. The first-order valence-corrected chi connectivity index (χ1v) is 18.6. The standard InChI is InChI=1S/C48H44N2O2S/c1-47(2,3)39-18-10-34(11-19-39)36-14-24-42(25-15-36)50(43-26-16-37(17-27-43)35-12-20-40(21-13-35)48(4,5)6)41-22-7-33(8-23-41)9-28-44-29-30-45(53-44)31-38(32-49)46(51)52/h7-31H,1-6H3,(H,51,52)/b28-9+,38-31-. The van der Waals surface area contributed by atoms with E-state index in [4.69, 9.17) is 5.26 Å². The number of hydrogen-bond donors (Lipinski definition) is 1. The lowest BCUT2D eigenvalue weighted by molar-refractivity contribution is -0.132. The summed E-state index contributed by atoms with van der Waals surface area (Å²) in [7, 11) is 0. The molecule has 1 N–H and O–H groups in total. The van der Waals surface area contributed by atoms with Crippen molar-refractivity contribution in [1.29, 1.82) is 5.26 Å². The summed E-state index contributed by atoms with van der Waals surface area (Å²) in [5.41, 5.74) is 11.5. The fourth-order valence-electron chi connectivity index (χ4n) is 6.11. The predicted molar refractivity (Wildman–Crippen MR) is 224 cm³/mol. The molecule has 0 unspecified atom stereocenters. The SMILES string of the molecule is CC(C)(C)c1ccc(-c2ccc(N(c3ccc(/C=C/c4ccc(/C=C(/C#N)C(=O)O)s4)cc3)c3ccc(-c4ccc(C(C)(C)C)cc4)cc3)cc2)cc1. The van der Waals surface area contributed by atoms with Crippen molar-refractivity contribution in [3.05, 3.63) is 165 Å². The van der Waals surface area contributed by atoms with E-state index in [1.165, 1.54) is 50.8 Å². The Hall–Kier alpha value is -5.96. The third-order valence-electron chi connectivity index (χ3n) is 9.30. The molecule has 1 aromatic heterocycles. The van der Waals surface area contributed by atoms with Gasteiger partial charge in [0.05, 0.1) is 0 Å². The zero-order valence-electron chi connectivity index (χ0n) is 31.1. The molecule has 0 radical (unpaired) electrons. The average molecular weight is 713 g/mol. The van der Waals surface area contributed by atoms with Crippen molar-refractivity contribution in [2.45, 2.75) is 52.4 Å². The number of rotatable bonds is 9. The molecule has 0 saturated heterocycles. The van der Waals surface area contributed by atoms with Gasteiger partial charge in [0.1, 0.15) is 11.6 Å². The summed E-state index contributed by atoms with van der Waals surface area (Å²) in [6, 6.07) is 49.2. The second-order valence-electron chi connectivity index (χ2n) is 15.2. The van der Waals surface area contributed by atoms with E-state index < -0.39 is 5.97 Å². The van der Waals surface area contributed by atoms with E-state index in [0.717, 1.165) is 32.4 Å². The van der Waals surface area contributed by atoms with Crippen LogP contribution in [0.25, 0.3) is 40.5 Å². The summed E-state index contributed by atoms with van der Waals surface area (Å²) in [4.78, 5) is 15.2. The van der Waals surface area contributed by atoms with Gasteiger partial charge in [0.2, 0.25) is 0 Å². The van der Waals surface area contributed by atoms with Gasteiger partial charge in [0, 0.05) is 26.8 Å². The van der Waals surface area contributed by atoms with E-state index in [1.54, 1.807) is 6.07 Å². The number of carboxylic acid groups (broad SMARTS) is 1. The summed E-state index contributed by atoms with van der Waals surface area (Å²) in [6.07, 6.45) is 5.44. The highest BCUT2D eigenvalue weighted by Gasteiger charge is 2.16. The van der Waals surface area contributed by atoms with Crippen LogP contribution in [0.3, 0.4) is 0 Å². The maximum atomic E-state index is 11.2. The molecule has 53 heavy (non-hydrogen) atoms. The van der Waals surface area contributed by atoms with Crippen molar-refractivity contribution < 1.29 is 9.90 Å². The van der Waals surface area contributed by atoms with E-state index in [-0.39, 0.29) is 16.4 Å². The van der Waals surface area contributed by atoms with Crippen molar-refractivity contribution in [2.75, 3.05) is 4.90 Å². The maximum Gasteiger partial charge on any atom is 0.346 e. The fraction of sp³-hybridized carbons (Fsp3) is 0.167. The molecule has 1 heterocycles. The smallest absolute Gasteiger partial charge is 0.346 e. The van der Waals surface area contributed by atoms with Crippen LogP contribution in [0, 0.1) is 11.3 Å². The van der Waals surface area contributed by atoms with Gasteiger partial charge < -0.3 is 10.0 Å². The van der Waals surface area contributed by atoms with Crippen LogP contribution >= 0.6 is 11.3 Å².